The summed E-state index contributed by atoms with van der Waals surface area (Å²) in [5.74, 6) is -0.133. The number of carbonyl (C=O) groups is 1. The molecule has 0 bridgehead atoms. The van der Waals surface area contributed by atoms with Gasteiger partial charge in [0.05, 0.1) is 11.5 Å². The van der Waals surface area contributed by atoms with Crippen LogP contribution in [-0.4, -0.2) is 32.3 Å². The van der Waals surface area contributed by atoms with Gasteiger partial charge in [0.15, 0.2) is 0 Å². The van der Waals surface area contributed by atoms with Crippen LogP contribution in [0, 0.1) is 0 Å². The van der Waals surface area contributed by atoms with Crippen molar-refractivity contribution in [2.24, 2.45) is 0 Å². The number of hydrogen-bond donors (Lipinski definition) is 2. The first kappa shape index (κ1) is 23.5. The minimum Gasteiger partial charge on any atom is -0.494 e. The van der Waals surface area contributed by atoms with Crippen LogP contribution >= 0.6 is 11.3 Å². The van der Waals surface area contributed by atoms with Crippen molar-refractivity contribution < 1.29 is 19.7 Å². The van der Waals surface area contributed by atoms with E-state index < -0.39 is 5.97 Å². The summed E-state index contributed by atoms with van der Waals surface area (Å²) in [6.07, 6.45) is 5.10. The first-order valence-corrected chi connectivity index (χ1v) is 11.6. The van der Waals surface area contributed by atoms with E-state index in [-0.39, 0.29) is 17.2 Å². The number of rotatable bonds is 12. The van der Waals surface area contributed by atoms with Crippen LogP contribution in [0.3, 0.4) is 0 Å². The molecule has 0 spiro atoms. The van der Waals surface area contributed by atoms with Crippen LogP contribution in [-0.2, 0) is 30.6 Å². The Bertz CT molecular complexity index is 1070. The monoisotopic (exact) mass is 456 g/mol. The third kappa shape index (κ3) is 6.68. The lowest BCUT2D eigenvalue weighted by molar-refractivity contribution is -0.137. The number of unbranched alkanes of at least 4 members (excludes halogenated alkanes) is 1. The summed E-state index contributed by atoms with van der Waals surface area (Å²) in [6, 6.07) is 11.7. The Morgan fingerprint density at radius 1 is 1.12 bits per heavy atom. The SMILES string of the molecule is CCc1ccc(CCOc2ccc(Cc3sc(=O)n(CCCCC(=O)O)c3O)cc2)nc1. The molecule has 0 fully saturated rings. The Labute approximate surface area is 191 Å². The number of aryl methyl sites for hydroxylation is 1. The van der Waals surface area contributed by atoms with E-state index in [0.717, 1.165) is 41.2 Å². The molecule has 0 saturated heterocycles. The molecule has 0 unspecified atom stereocenters. The number of nitrogens with zero attached hydrogens (tertiary/aromatic N) is 2. The second-order valence-electron chi connectivity index (χ2n) is 7.55. The van der Waals surface area contributed by atoms with E-state index in [0.29, 0.717) is 37.3 Å². The van der Waals surface area contributed by atoms with Gasteiger partial charge >= 0.3 is 10.8 Å². The summed E-state index contributed by atoms with van der Waals surface area (Å²) in [6.45, 7) is 2.95. The number of ether oxygens (including phenoxy) is 1. The molecule has 32 heavy (non-hydrogen) atoms. The van der Waals surface area contributed by atoms with Crippen LogP contribution in [0.4, 0.5) is 0 Å². The maximum atomic E-state index is 12.2. The third-order valence-electron chi connectivity index (χ3n) is 5.17. The number of hydrogen-bond acceptors (Lipinski definition) is 6. The lowest BCUT2D eigenvalue weighted by Crippen LogP contribution is -2.12. The van der Waals surface area contributed by atoms with Gasteiger partial charge in [0.25, 0.3) is 0 Å². The molecule has 2 aromatic heterocycles. The molecule has 0 aliphatic rings. The Hall–Kier alpha value is -3.13. The number of thiazole rings is 1. The van der Waals surface area contributed by atoms with Crippen LogP contribution in [0.1, 0.15) is 47.9 Å². The largest absolute Gasteiger partial charge is 0.494 e. The molecule has 0 aliphatic carbocycles. The third-order valence-corrected chi connectivity index (χ3v) is 6.14. The van der Waals surface area contributed by atoms with Gasteiger partial charge in [-0.2, -0.15) is 0 Å². The van der Waals surface area contributed by atoms with Gasteiger partial charge in [-0.25, -0.2) is 0 Å². The molecule has 2 heterocycles. The molecular formula is C24H28N2O5S. The predicted octanol–water partition coefficient (Wildman–Crippen LogP) is 4.04. The minimum atomic E-state index is -0.859. The van der Waals surface area contributed by atoms with Gasteiger partial charge in [-0.05, 0) is 48.6 Å². The fourth-order valence-electron chi connectivity index (χ4n) is 3.28. The van der Waals surface area contributed by atoms with Crippen LogP contribution in [0.25, 0.3) is 0 Å². The lowest BCUT2D eigenvalue weighted by Gasteiger charge is -2.08. The van der Waals surface area contributed by atoms with Gasteiger partial charge in [-0.15, -0.1) is 0 Å². The molecule has 0 radical (unpaired) electrons. The number of aromatic hydroxyl groups is 1. The van der Waals surface area contributed by atoms with Crippen molar-refractivity contribution in [1.29, 1.82) is 0 Å². The van der Waals surface area contributed by atoms with Crippen molar-refractivity contribution in [3.63, 3.8) is 0 Å². The zero-order chi connectivity index (χ0) is 22.9. The number of carboxylic acid groups (broad SMARTS) is 1. The number of benzene rings is 1. The fourth-order valence-corrected chi connectivity index (χ4v) is 4.22. The molecule has 3 aromatic rings. The van der Waals surface area contributed by atoms with Gasteiger partial charge in [0.2, 0.25) is 5.88 Å². The molecule has 0 amide bonds. The Morgan fingerprint density at radius 2 is 1.88 bits per heavy atom. The highest BCUT2D eigenvalue weighted by atomic mass is 32.1. The normalized spacial score (nSPS) is 10.9. The van der Waals surface area contributed by atoms with Crippen LogP contribution in [0.2, 0.25) is 0 Å². The van der Waals surface area contributed by atoms with E-state index in [9.17, 15) is 14.7 Å². The predicted molar refractivity (Wildman–Crippen MR) is 124 cm³/mol. The summed E-state index contributed by atoms with van der Waals surface area (Å²) < 4.78 is 7.13. The molecule has 0 aliphatic heterocycles. The average molecular weight is 457 g/mol. The topological polar surface area (TPSA) is 102 Å². The van der Waals surface area contributed by atoms with Gasteiger partial charge in [-0.1, -0.05) is 36.5 Å². The van der Waals surface area contributed by atoms with E-state index in [2.05, 4.69) is 18.0 Å². The van der Waals surface area contributed by atoms with Gasteiger partial charge in [-0.3, -0.25) is 19.1 Å². The second kappa shape index (κ2) is 11.5. The van der Waals surface area contributed by atoms with Gasteiger partial charge < -0.3 is 14.9 Å². The number of pyridine rings is 1. The summed E-state index contributed by atoms with van der Waals surface area (Å²) in [5, 5.41) is 19.1. The van der Waals surface area contributed by atoms with E-state index in [1.165, 1.54) is 10.1 Å². The molecule has 7 nitrogen and oxygen atoms in total. The second-order valence-corrected chi connectivity index (χ2v) is 8.59. The molecule has 1 aromatic carbocycles. The molecular weight excluding hydrogens is 428 g/mol. The van der Waals surface area contributed by atoms with E-state index in [4.69, 9.17) is 9.84 Å². The standard InChI is InChI=1S/C24H28N2O5S/c1-2-17-6-9-19(25-16-17)12-14-31-20-10-7-18(8-11-20)15-21-23(29)26(24(30)32-21)13-4-3-5-22(27)28/h6-11,16,29H,2-5,12-15H2,1H3,(H,27,28). The minimum absolute atomic E-state index is 0.0303. The van der Waals surface area contributed by atoms with Crippen molar-refractivity contribution in [3.8, 4) is 11.6 Å². The van der Waals surface area contributed by atoms with Crippen LogP contribution < -0.4 is 9.61 Å². The molecule has 3 rings (SSSR count). The number of aromatic nitrogens is 2. The van der Waals surface area contributed by atoms with E-state index in [1.54, 1.807) is 0 Å². The maximum absolute atomic E-state index is 12.2. The number of carboxylic acids is 1. The first-order valence-electron chi connectivity index (χ1n) is 10.7. The average Bonchev–Trinajstić information content (AvgIpc) is 3.05. The highest BCUT2D eigenvalue weighted by Crippen LogP contribution is 2.25. The first-order chi connectivity index (χ1) is 15.5. The van der Waals surface area contributed by atoms with Gasteiger partial charge in [0.1, 0.15) is 5.75 Å². The molecule has 2 N–H and O–H groups in total. The summed E-state index contributed by atoms with van der Waals surface area (Å²) in [7, 11) is 0. The van der Waals surface area contributed by atoms with Crippen LogP contribution in [0.5, 0.6) is 11.6 Å². The Kier molecular flexibility index (Phi) is 8.44. The smallest absolute Gasteiger partial charge is 0.310 e. The zero-order valence-corrected chi connectivity index (χ0v) is 18.9. The molecule has 0 atom stereocenters. The highest BCUT2D eigenvalue weighted by Gasteiger charge is 2.14. The maximum Gasteiger partial charge on any atom is 0.310 e. The van der Waals surface area contributed by atoms with Gasteiger partial charge in [0, 0.05) is 37.7 Å². The zero-order valence-electron chi connectivity index (χ0n) is 18.1. The van der Waals surface area contributed by atoms with E-state index >= 15 is 0 Å². The fraction of sp³-hybridized carbons (Fsp3) is 0.375. The Balaban J connectivity index is 1.51. The van der Waals surface area contributed by atoms with Crippen molar-refractivity contribution in [3.05, 3.63) is 74.0 Å². The lowest BCUT2D eigenvalue weighted by atomic mass is 10.1. The molecule has 8 heteroatoms. The quantitative estimate of drug-likeness (QED) is 0.399. The molecule has 170 valence electrons. The van der Waals surface area contributed by atoms with Crippen LogP contribution in [0.15, 0.2) is 47.4 Å². The highest BCUT2D eigenvalue weighted by molar-refractivity contribution is 7.09. The molecule has 0 saturated carbocycles. The summed E-state index contributed by atoms with van der Waals surface area (Å²) in [5.41, 5.74) is 3.18. The number of aliphatic carboxylic acids is 1. The van der Waals surface area contributed by atoms with Crippen molar-refractivity contribution in [2.75, 3.05) is 6.61 Å². The van der Waals surface area contributed by atoms with E-state index in [1.807, 2.05) is 36.5 Å². The van der Waals surface area contributed by atoms with Crippen molar-refractivity contribution in [2.45, 2.75) is 52.0 Å². The summed E-state index contributed by atoms with van der Waals surface area (Å²) in [4.78, 5) is 27.6. The summed E-state index contributed by atoms with van der Waals surface area (Å²) >= 11 is 1.02. The van der Waals surface area contributed by atoms with Crippen molar-refractivity contribution in [1.82, 2.24) is 9.55 Å². The Morgan fingerprint density at radius 3 is 2.53 bits per heavy atom. The van der Waals surface area contributed by atoms with Crippen molar-refractivity contribution >= 4 is 17.3 Å².